The normalized spacial score (nSPS) is 19.4. The van der Waals surface area contributed by atoms with E-state index in [4.69, 9.17) is 9.84 Å². The average Bonchev–Trinajstić information content (AvgIpc) is 2.45. The fourth-order valence-corrected chi connectivity index (χ4v) is 2.30. The summed E-state index contributed by atoms with van der Waals surface area (Å²) in [5.41, 5.74) is -1.06. The fourth-order valence-electron chi connectivity index (χ4n) is 2.30. The molecular weight excluding hydrogens is 289 g/mol. The van der Waals surface area contributed by atoms with Gasteiger partial charge in [0.05, 0.1) is 6.61 Å². The molecule has 1 aromatic rings. The van der Waals surface area contributed by atoms with E-state index >= 15 is 0 Å². The minimum atomic E-state index is -4.57. The summed E-state index contributed by atoms with van der Waals surface area (Å²) in [6.45, 7) is 0.766. The molecule has 0 radical (unpaired) electrons. The molecular formula is C13H15F3N2O3. The van der Waals surface area contributed by atoms with E-state index in [1.807, 2.05) is 0 Å². The van der Waals surface area contributed by atoms with Crippen LogP contribution in [-0.4, -0.2) is 40.8 Å². The van der Waals surface area contributed by atoms with Crippen LogP contribution in [0.25, 0.3) is 0 Å². The molecule has 0 bridgehead atoms. The van der Waals surface area contributed by atoms with Crippen LogP contribution >= 0.6 is 0 Å². The van der Waals surface area contributed by atoms with E-state index in [1.54, 1.807) is 0 Å². The second kappa shape index (κ2) is 6.19. The number of nitrogens with zero attached hydrogens (tertiary/aromatic N) is 2. The van der Waals surface area contributed by atoms with Crippen LogP contribution in [0.5, 0.6) is 5.75 Å². The molecule has 1 fully saturated rings. The zero-order chi connectivity index (χ0) is 15.5. The number of ether oxygens (including phenoxy) is 1. The lowest BCUT2D eigenvalue weighted by Crippen LogP contribution is -2.40. The molecule has 8 heteroatoms. The number of hydrogen-bond acceptors (Lipinski definition) is 3. The van der Waals surface area contributed by atoms with Crippen LogP contribution in [-0.2, 0) is 6.18 Å². The Morgan fingerprint density at radius 2 is 2.29 bits per heavy atom. The molecule has 5 nitrogen and oxygen atoms in total. The van der Waals surface area contributed by atoms with Crippen LogP contribution in [0.4, 0.5) is 18.0 Å². The molecule has 0 saturated carbocycles. The van der Waals surface area contributed by atoms with E-state index in [9.17, 15) is 18.0 Å². The van der Waals surface area contributed by atoms with E-state index in [-0.39, 0.29) is 24.8 Å². The van der Waals surface area contributed by atoms with Gasteiger partial charge < -0.3 is 14.7 Å². The first-order chi connectivity index (χ1) is 9.88. The minimum Gasteiger partial charge on any atom is -0.491 e. The Kier molecular flexibility index (Phi) is 4.54. The van der Waals surface area contributed by atoms with Crippen molar-refractivity contribution >= 4 is 6.09 Å². The van der Waals surface area contributed by atoms with Gasteiger partial charge in [-0.25, -0.2) is 9.78 Å². The van der Waals surface area contributed by atoms with Gasteiger partial charge in [0.2, 0.25) is 0 Å². The van der Waals surface area contributed by atoms with Gasteiger partial charge in [-0.2, -0.15) is 13.2 Å². The summed E-state index contributed by atoms with van der Waals surface area (Å²) >= 11 is 0. The first-order valence-electron chi connectivity index (χ1n) is 6.51. The van der Waals surface area contributed by atoms with Gasteiger partial charge >= 0.3 is 12.3 Å². The zero-order valence-corrected chi connectivity index (χ0v) is 11.1. The minimum absolute atomic E-state index is 0.0402. The van der Waals surface area contributed by atoms with E-state index < -0.39 is 18.0 Å². The van der Waals surface area contributed by atoms with Crippen molar-refractivity contribution in [1.29, 1.82) is 0 Å². The standard InChI is InChI=1S/C13H15F3N2O3/c14-13(15,16)11-10(4-1-5-17-11)21-8-9-3-2-6-18(7-9)12(19)20/h1,4-5,9H,2-3,6-8H2,(H,19,20). The quantitative estimate of drug-likeness (QED) is 0.932. The van der Waals surface area contributed by atoms with Crippen molar-refractivity contribution in [2.24, 2.45) is 5.92 Å². The van der Waals surface area contributed by atoms with Gasteiger partial charge in [-0.1, -0.05) is 0 Å². The summed E-state index contributed by atoms with van der Waals surface area (Å²) in [7, 11) is 0. The van der Waals surface area contributed by atoms with Gasteiger partial charge in [0.25, 0.3) is 0 Å². The largest absolute Gasteiger partial charge is 0.491 e. The molecule has 2 heterocycles. The summed E-state index contributed by atoms with van der Waals surface area (Å²) in [4.78, 5) is 15.4. The van der Waals surface area contributed by atoms with Crippen LogP contribution in [0.15, 0.2) is 18.3 Å². The molecule has 1 amide bonds. The van der Waals surface area contributed by atoms with Crippen molar-refractivity contribution in [2.45, 2.75) is 19.0 Å². The molecule has 1 unspecified atom stereocenters. The number of halogens is 3. The van der Waals surface area contributed by atoms with Gasteiger partial charge in [-0.05, 0) is 25.0 Å². The number of carbonyl (C=O) groups is 1. The number of alkyl halides is 3. The summed E-state index contributed by atoms with van der Waals surface area (Å²) in [5.74, 6) is -0.436. The highest BCUT2D eigenvalue weighted by Crippen LogP contribution is 2.34. The lowest BCUT2D eigenvalue weighted by Gasteiger charge is -2.30. The second-order valence-corrected chi connectivity index (χ2v) is 4.90. The first kappa shape index (κ1) is 15.4. The Bertz CT molecular complexity index is 508. The fraction of sp³-hybridized carbons (Fsp3) is 0.538. The number of likely N-dealkylation sites (tertiary alicyclic amines) is 1. The van der Waals surface area contributed by atoms with Crippen LogP contribution in [0.3, 0.4) is 0 Å². The van der Waals surface area contributed by atoms with Crippen molar-refractivity contribution in [1.82, 2.24) is 9.88 Å². The van der Waals surface area contributed by atoms with Gasteiger partial charge in [-0.3, -0.25) is 0 Å². The van der Waals surface area contributed by atoms with Crippen LogP contribution < -0.4 is 4.74 Å². The third-order valence-electron chi connectivity index (χ3n) is 3.30. The number of piperidine rings is 1. The highest BCUT2D eigenvalue weighted by Gasteiger charge is 2.36. The molecule has 0 aliphatic carbocycles. The van der Waals surface area contributed by atoms with Crippen molar-refractivity contribution in [3.05, 3.63) is 24.0 Å². The number of hydrogen-bond donors (Lipinski definition) is 1. The molecule has 116 valence electrons. The maximum absolute atomic E-state index is 12.8. The zero-order valence-electron chi connectivity index (χ0n) is 11.1. The molecule has 1 aromatic heterocycles. The van der Waals surface area contributed by atoms with Crippen molar-refractivity contribution in [3.8, 4) is 5.75 Å². The lowest BCUT2D eigenvalue weighted by atomic mass is 9.99. The Labute approximate surface area is 119 Å². The van der Waals surface area contributed by atoms with E-state index in [1.165, 1.54) is 17.0 Å². The van der Waals surface area contributed by atoms with Gasteiger partial charge in [0.15, 0.2) is 5.69 Å². The summed E-state index contributed by atoms with van der Waals surface area (Å²) in [6.07, 6.45) is -3.12. The third-order valence-corrected chi connectivity index (χ3v) is 3.30. The SMILES string of the molecule is O=C(O)N1CCCC(COc2cccnc2C(F)(F)F)C1. The number of pyridine rings is 1. The van der Waals surface area contributed by atoms with E-state index in [0.717, 1.165) is 12.6 Å². The maximum atomic E-state index is 12.8. The summed E-state index contributed by atoms with van der Waals surface area (Å²) in [5, 5.41) is 8.92. The average molecular weight is 304 g/mol. The Morgan fingerprint density at radius 3 is 2.95 bits per heavy atom. The van der Waals surface area contributed by atoms with Crippen molar-refractivity contribution in [2.75, 3.05) is 19.7 Å². The smallest absolute Gasteiger partial charge is 0.437 e. The van der Waals surface area contributed by atoms with Gasteiger partial charge in [-0.15, -0.1) is 0 Å². The predicted octanol–water partition coefficient (Wildman–Crippen LogP) is 2.87. The number of aromatic nitrogens is 1. The molecule has 1 atom stereocenters. The second-order valence-electron chi connectivity index (χ2n) is 4.90. The molecule has 0 spiro atoms. The molecule has 1 aliphatic heterocycles. The molecule has 0 aromatic carbocycles. The first-order valence-corrected chi connectivity index (χ1v) is 6.51. The highest BCUT2D eigenvalue weighted by atomic mass is 19.4. The number of carboxylic acid groups (broad SMARTS) is 1. The van der Waals surface area contributed by atoms with Crippen LogP contribution in [0.1, 0.15) is 18.5 Å². The predicted molar refractivity (Wildman–Crippen MR) is 67.1 cm³/mol. The topological polar surface area (TPSA) is 62.7 Å². The molecule has 1 saturated heterocycles. The van der Waals surface area contributed by atoms with Gasteiger partial charge in [0.1, 0.15) is 5.75 Å². The lowest BCUT2D eigenvalue weighted by molar-refractivity contribution is -0.142. The molecule has 1 N–H and O–H groups in total. The highest BCUT2D eigenvalue weighted by molar-refractivity contribution is 5.65. The van der Waals surface area contributed by atoms with Crippen LogP contribution in [0, 0.1) is 5.92 Å². The van der Waals surface area contributed by atoms with Crippen molar-refractivity contribution in [3.63, 3.8) is 0 Å². The number of rotatable bonds is 3. The van der Waals surface area contributed by atoms with E-state index in [0.29, 0.717) is 13.0 Å². The number of amides is 1. The Balaban J connectivity index is 1.99. The Morgan fingerprint density at radius 1 is 1.52 bits per heavy atom. The molecule has 1 aliphatic rings. The monoisotopic (exact) mass is 304 g/mol. The molecule has 2 rings (SSSR count). The molecule has 21 heavy (non-hydrogen) atoms. The maximum Gasteiger partial charge on any atom is 0.437 e. The van der Waals surface area contributed by atoms with Gasteiger partial charge in [0, 0.05) is 25.2 Å². The van der Waals surface area contributed by atoms with Crippen molar-refractivity contribution < 1.29 is 27.8 Å². The van der Waals surface area contributed by atoms with E-state index in [2.05, 4.69) is 4.98 Å². The summed E-state index contributed by atoms with van der Waals surface area (Å²) in [6, 6.07) is 2.59. The van der Waals surface area contributed by atoms with Crippen LogP contribution in [0.2, 0.25) is 0 Å². The third kappa shape index (κ3) is 3.99. The Hall–Kier alpha value is -1.99. The summed E-state index contributed by atoms with van der Waals surface area (Å²) < 4.78 is 43.5.